The molecule has 4 nitrogen and oxygen atoms in total. The van der Waals surface area contributed by atoms with Crippen LogP contribution in [0.15, 0.2) is 29.1 Å². The summed E-state index contributed by atoms with van der Waals surface area (Å²) in [6, 6.07) is 6.09. The predicted molar refractivity (Wildman–Crippen MR) is 68.5 cm³/mol. The number of ether oxygens (including phenoxy) is 1. The van der Waals surface area contributed by atoms with Crippen molar-refractivity contribution in [1.29, 1.82) is 0 Å². The Bertz CT molecular complexity index is 630. The van der Waals surface area contributed by atoms with Gasteiger partial charge in [0.2, 0.25) is 0 Å². The van der Waals surface area contributed by atoms with E-state index < -0.39 is 6.10 Å². The number of nitrogens with one attached hydrogen (secondary N) is 2. The summed E-state index contributed by atoms with van der Waals surface area (Å²) in [5, 5.41) is 5.51. The minimum Gasteiger partial charge on any atom is -0.365 e. The van der Waals surface area contributed by atoms with Crippen molar-refractivity contribution in [2.45, 2.75) is 32.0 Å². The van der Waals surface area contributed by atoms with Gasteiger partial charge in [0.15, 0.2) is 0 Å². The van der Waals surface area contributed by atoms with Crippen LogP contribution in [-0.4, -0.2) is 16.3 Å². The first-order valence-corrected chi connectivity index (χ1v) is 6.39. The number of hydrogen-bond acceptors (Lipinski definition) is 2. The monoisotopic (exact) mass is 262 g/mol. The fourth-order valence-electron chi connectivity index (χ4n) is 2.50. The van der Waals surface area contributed by atoms with Crippen molar-refractivity contribution < 1.29 is 9.13 Å². The van der Waals surface area contributed by atoms with Crippen molar-refractivity contribution in [3.63, 3.8) is 0 Å². The molecule has 1 aromatic heterocycles. The van der Waals surface area contributed by atoms with Crippen LogP contribution >= 0.6 is 0 Å². The maximum Gasteiger partial charge on any atom is 0.270 e. The average Bonchev–Trinajstić information content (AvgIpc) is 2.80. The first-order valence-electron chi connectivity index (χ1n) is 6.39. The van der Waals surface area contributed by atoms with Crippen LogP contribution in [0.2, 0.25) is 0 Å². The van der Waals surface area contributed by atoms with Crippen LogP contribution in [0.1, 0.15) is 36.3 Å². The predicted octanol–water partition coefficient (Wildman–Crippen LogP) is 2.28. The van der Waals surface area contributed by atoms with E-state index in [4.69, 9.17) is 4.74 Å². The van der Waals surface area contributed by atoms with Gasteiger partial charge in [-0.1, -0.05) is 19.1 Å². The number of H-pyrrole nitrogens is 2. The Balaban J connectivity index is 2.06. The summed E-state index contributed by atoms with van der Waals surface area (Å²) in [4.78, 5) is 11.9. The van der Waals surface area contributed by atoms with Gasteiger partial charge in [-0.05, 0) is 24.1 Å². The zero-order valence-corrected chi connectivity index (χ0v) is 10.6. The standard InChI is InChI=1S/C14H15FN2O2/c1-2-10-7-11-12(14(18)17-16-11)13(19-10)8-3-5-9(15)6-4-8/h3-6,10,13H,2,7H2,1H3,(H2,16,17,18)/t10-,13-/m1/s1. The molecule has 3 rings (SSSR count). The summed E-state index contributed by atoms with van der Waals surface area (Å²) in [7, 11) is 0. The van der Waals surface area contributed by atoms with Gasteiger partial charge < -0.3 is 9.84 Å². The fraction of sp³-hybridized carbons (Fsp3) is 0.357. The Morgan fingerprint density at radius 1 is 1.32 bits per heavy atom. The van der Waals surface area contributed by atoms with Crippen LogP contribution in [0.25, 0.3) is 0 Å². The molecule has 0 saturated carbocycles. The number of hydrogen-bond donors (Lipinski definition) is 2. The molecular weight excluding hydrogens is 247 g/mol. The molecule has 0 unspecified atom stereocenters. The zero-order valence-electron chi connectivity index (χ0n) is 10.6. The lowest BCUT2D eigenvalue weighted by Gasteiger charge is -2.29. The van der Waals surface area contributed by atoms with Crippen molar-refractivity contribution in [3.05, 3.63) is 57.3 Å². The maximum absolute atomic E-state index is 13.0. The van der Waals surface area contributed by atoms with E-state index in [1.807, 2.05) is 6.92 Å². The quantitative estimate of drug-likeness (QED) is 0.872. The SMILES string of the molecule is CC[C@@H]1Cc2[nH][nH]c(=O)c2[C@@H](c2ccc(F)cc2)O1. The number of aromatic nitrogens is 2. The van der Waals surface area contributed by atoms with Crippen LogP contribution < -0.4 is 5.56 Å². The van der Waals surface area contributed by atoms with E-state index in [0.717, 1.165) is 17.7 Å². The van der Waals surface area contributed by atoms with Crippen LogP contribution in [0.3, 0.4) is 0 Å². The van der Waals surface area contributed by atoms with Gasteiger partial charge in [-0.2, -0.15) is 0 Å². The molecule has 0 spiro atoms. The molecular formula is C14H15FN2O2. The molecule has 0 fully saturated rings. The van der Waals surface area contributed by atoms with Gasteiger partial charge in [0.1, 0.15) is 11.9 Å². The maximum atomic E-state index is 13.0. The van der Waals surface area contributed by atoms with Gasteiger partial charge in [0.25, 0.3) is 5.56 Å². The lowest BCUT2D eigenvalue weighted by atomic mass is 9.95. The van der Waals surface area contributed by atoms with Gasteiger partial charge in [-0.15, -0.1) is 0 Å². The molecule has 0 saturated heterocycles. The topological polar surface area (TPSA) is 57.9 Å². The van der Waals surface area contributed by atoms with Gasteiger partial charge in [-0.3, -0.25) is 9.89 Å². The molecule has 2 aromatic rings. The molecule has 100 valence electrons. The smallest absolute Gasteiger partial charge is 0.270 e. The second kappa shape index (κ2) is 4.66. The third-order valence-corrected chi connectivity index (χ3v) is 3.55. The first kappa shape index (κ1) is 12.2. The minimum absolute atomic E-state index is 0.0639. The van der Waals surface area contributed by atoms with E-state index in [1.165, 1.54) is 12.1 Å². The molecule has 2 N–H and O–H groups in total. The number of fused-ring (bicyclic) bond motifs is 1. The Morgan fingerprint density at radius 2 is 2.05 bits per heavy atom. The highest BCUT2D eigenvalue weighted by Gasteiger charge is 2.31. The summed E-state index contributed by atoms with van der Waals surface area (Å²) in [6.45, 7) is 2.04. The average molecular weight is 262 g/mol. The molecule has 0 bridgehead atoms. The molecule has 5 heteroatoms. The lowest BCUT2D eigenvalue weighted by molar-refractivity contribution is -0.00663. The van der Waals surface area contributed by atoms with E-state index >= 15 is 0 Å². The summed E-state index contributed by atoms with van der Waals surface area (Å²) in [5.74, 6) is -0.296. The van der Waals surface area contributed by atoms with Gasteiger partial charge in [-0.25, -0.2) is 4.39 Å². The van der Waals surface area contributed by atoms with E-state index in [-0.39, 0.29) is 17.5 Å². The lowest BCUT2D eigenvalue weighted by Crippen LogP contribution is -2.29. The molecule has 19 heavy (non-hydrogen) atoms. The molecule has 1 aliphatic rings. The third-order valence-electron chi connectivity index (χ3n) is 3.55. The highest BCUT2D eigenvalue weighted by molar-refractivity contribution is 5.33. The normalized spacial score (nSPS) is 22.2. The van der Waals surface area contributed by atoms with E-state index in [9.17, 15) is 9.18 Å². The van der Waals surface area contributed by atoms with Gasteiger partial charge in [0, 0.05) is 12.1 Å². The van der Waals surface area contributed by atoms with E-state index in [0.29, 0.717) is 12.0 Å². The molecule has 2 heterocycles. The summed E-state index contributed by atoms with van der Waals surface area (Å²) >= 11 is 0. The molecule has 0 aliphatic carbocycles. The summed E-state index contributed by atoms with van der Waals surface area (Å²) in [5.41, 5.74) is 2.12. The van der Waals surface area contributed by atoms with Crippen LogP contribution in [0.5, 0.6) is 0 Å². The number of aromatic amines is 2. The highest BCUT2D eigenvalue weighted by Crippen LogP contribution is 2.33. The minimum atomic E-state index is -0.427. The van der Waals surface area contributed by atoms with Crippen molar-refractivity contribution in [3.8, 4) is 0 Å². The number of rotatable bonds is 2. The Labute approximate surface area is 109 Å². The summed E-state index contributed by atoms with van der Waals surface area (Å²) < 4.78 is 19.0. The number of benzene rings is 1. The molecule has 0 radical (unpaired) electrons. The van der Waals surface area contributed by atoms with Crippen molar-refractivity contribution in [2.24, 2.45) is 0 Å². The largest absolute Gasteiger partial charge is 0.365 e. The molecule has 1 aliphatic heterocycles. The van der Waals surface area contributed by atoms with Gasteiger partial charge >= 0.3 is 0 Å². The van der Waals surface area contributed by atoms with Crippen molar-refractivity contribution in [2.75, 3.05) is 0 Å². The van der Waals surface area contributed by atoms with E-state index in [1.54, 1.807) is 12.1 Å². The molecule has 0 amide bonds. The van der Waals surface area contributed by atoms with E-state index in [2.05, 4.69) is 10.2 Å². The summed E-state index contributed by atoms with van der Waals surface area (Å²) in [6.07, 6.45) is 1.20. The van der Waals surface area contributed by atoms with Crippen molar-refractivity contribution >= 4 is 0 Å². The third kappa shape index (κ3) is 2.10. The van der Waals surface area contributed by atoms with Crippen LogP contribution in [-0.2, 0) is 11.2 Å². The van der Waals surface area contributed by atoms with Crippen LogP contribution in [0, 0.1) is 5.82 Å². The highest BCUT2D eigenvalue weighted by atomic mass is 19.1. The molecule has 1 aromatic carbocycles. The first-order chi connectivity index (χ1) is 9.19. The van der Waals surface area contributed by atoms with Gasteiger partial charge in [0.05, 0.1) is 11.7 Å². The molecule has 2 atom stereocenters. The second-order valence-electron chi connectivity index (χ2n) is 4.77. The van der Waals surface area contributed by atoms with Crippen LogP contribution in [0.4, 0.5) is 4.39 Å². The Kier molecular flexibility index (Phi) is 2.98. The second-order valence-corrected chi connectivity index (χ2v) is 4.77. The van der Waals surface area contributed by atoms with Crippen molar-refractivity contribution in [1.82, 2.24) is 10.2 Å². The number of halogens is 1. The zero-order chi connectivity index (χ0) is 13.4. The Morgan fingerprint density at radius 3 is 2.74 bits per heavy atom. The fourth-order valence-corrected chi connectivity index (χ4v) is 2.50. The Hall–Kier alpha value is -1.88.